The summed E-state index contributed by atoms with van der Waals surface area (Å²) in [6.07, 6.45) is 0.0182. The third-order valence-electron chi connectivity index (χ3n) is 2.74. The van der Waals surface area contributed by atoms with E-state index in [1.165, 1.54) is 13.2 Å². The van der Waals surface area contributed by atoms with Crippen LogP contribution in [0.4, 0.5) is 8.78 Å². The van der Waals surface area contributed by atoms with E-state index in [-0.39, 0.29) is 12.2 Å². The Bertz CT molecular complexity index is 609. The fourth-order valence-electron chi connectivity index (χ4n) is 1.73. The monoisotopic (exact) mass is 262 g/mol. The third-order valence-corrected chi connectivity index (χ3v) is 2.74. The minimum Gasteiger partial charge on any atom is -0.497 e. The van der Waals surface area contributed by atoms with Crippen LogP contribution in [0.2, 0.25) is 0 Å². The van der Waals surface area contributed by atoms with Crippen LogP contribution in [0.25, 0.3) is 0 Å². The van der Waals surface area contributed by atoms with Gasteiger partial charge in [-0.25, -0.2) is 8.78 Å². The first-order chi connectivity index (χ1) is 9.10. The molecule has 0 radical (unpaired) electrons. The van der Waals surface area contributed by atoms with Gasteiger partial charge < -0.3 is 4.74 Å². The molecule has 2 aromatic carbocycles. The van der Waals surface area contributed by atoms with E-state index in [1.54, 1.807) is 24.3 Å². The van der Waals surface area contributed by atoms with Crippen molar-refractivity contribution < 1.29 is 18.3 Å². The van der Waals surface area contributed by atoms with Crippen molar-refractivity contribution in [3.8, 4) is 5.75 Å². The van der Waals surface area contributed by atoms with E-state index in [0.717, 1.165) is 12.1 Å². The predicted octanol–water partition coefficient (Wildman–Crippen LogP) is 3.40. The Morgan fingerprint density at radius 1 is 1.11 bits per heavy atom. The summed E-state index contributed by atoms with van der Waals surface area (Å²) in [5.74, 6) is -1.46. The molecule has 0 aliphatic heterocycles. The van der Waals surface area contributed by atoms with Crippen LogP contribution in [-0.4, -0.2) is 12.9 Å². The highest BCUT2D eigenvalue weighted by molar-refractivity contribution is 5.97. The first kappa shape index (κ1) is 13.2. The molecule has 0 saturated heterocycles. The lowest BCUT2D eigenvalue weighted by Gasteiger charge is -2.04. The van der Waals surface area contributed by atoms with Crippen LogP contribution in [0.15, 0.2) is 42.5 Å². The van der Waals surface area contributed by atoms with Crippen LogP contribution in [0.1, 0.15) is 15.9 Å². The maximum absolute atomic E-state index is 13.0. The van der Waals surface area contributed by atoms with Crippen molar-refractivity contribution >= 4 is 5.78 Å². The van der Waals surface area contributed by atoms with Gasteiger partial charge in [0.15, 0.2) is 17.4 Å². The second-order valence-electron chi connectivity index (χ2n) is 4.08. The lowest BCUT2D eigenvalue weighted by molar-refractivity contribution is 0.0992. The molecule has 98 valence electrons. The number of rotatable bonds is 4. The molecule has 4 heteroatoms. The molecular weight excluding hydrogens is 250 g/mol. The number of ether oxygens (including phenoxy) is 1. The van der Waals surface area contributed by atoms with Crippen LogP contribution in [-0.2, 0) is 6.42 Å². The topological polar surface area (TPSA) is 26.3 Å². The number of ketones is 1. The molecular formula is C15H12F2O2. The highest BCUT2D eigenvalue weighted by Gasteiger charge is 2.10. The molecule has 0 heterocycles. The van der Waals surface area contributed by atoms with Gasteiger partial charge in [-0.1, -0.05) is 18.2 Å². The fourth-order valence-corrected chi connectivity index (χ4v) is 1.73. The second kappa shape index (κ2) is 5.61. The Labute approximate surface area is 109 Å². The van der Waals surface area contributed by atoms with Gasteiger partial charge in [-0.15, -0.1) is 0 Å². The van der Waals surface area contributed by atoms with Crippen LogP contribution < -0.4 is 4.74 Å². The maximum atomic E-state index is 13.0. The Balaban J connectivity index is 2.18. The van der Waals surface area contributed by atoms with Crippen molar-refractivity contribution in [2.45, 2.75) is 6.42 Å². The van der Waals surface area contributed by atoms with Gasteiger partial charge in [-0.2, -0.15) is 0 Å². The average Bonchev–Trinajstić information content (AvgIpc) is 2.43. The van der Waals surface area contributed by atoms with Crippen molar-refractivity contribution in [1.82, 2.24) is 0 Å². The molecule has 2 nitrogen and oxygen atoms in total. The molecule has 0 N–H and O–H groups in total. The van der Waals surface area contributed by atoms with Gasteiger partial charge in [-0.05, 0) is 29.8 Å². The van der Waals surface area contributed by atoms with Gasteiger partial charge >= 0.3 is 0 Å². The average molecular weight is 262 g/mol. The Kier molecular flexibility index (Phi) is 3.90. The highest BCUT2D eigenvalue weighted by Crippen LogP contribution is 2.16. The van der Waals surface area contributed by atoms with Crippen molar-refractivity contribution in [3.05, 3.63) is 65.2 Å². The zero-order chi connectivity index (χ0) is 13.8. The maximum Gasteiger partial charge on any atom is 0.167 e. The first-order valence-corrected chi connectivity index (χ1v) is 5.71. The normalized spacial score (nSPS) is 10.3. The minimum absolute atomic E-state index is 0.0182. The summed E-state index contributed by atoms with van der Waals surface area (Å²) in [6.45, 7) is 0. The van der Waals surface area contributed by atoms with Gasteiger partial charge in [0, 0.05) is 12.0 Å². The van der Waals surface area contributed by atoms with E-state index in [0.29, 0.717) is 16.9 Å². The molecule has 2 aromatic rings. The number of halogens is 2. The quantitative estimate of drug-likeness (QED) is 0.789. The van der Waals surface area contributed by atoms with Crippen LogP contribution in [0.3, 0.4) is 0 Å². The van der Waals surface area contributed by atoms with E-state index in [9.17, 15) is 13.6 Å². The molecule has 0 aliphatic carbocycles. The zero-order valence-electron chi connectivity index (χ0n) is 10.3. The van der Waals surface area contributed by atoms with E-state index < -0.39 is 11.6 Å². The number of hydrogen-bond acceptors (Lipinski definition) is 2. The predicted molar refractivity (Wildman–Crippen MR) is 67.4 cm³/mol. The van der Waals surface area contributed by atoms with Gasteiger partial charge in [0.2, 0.25) is 0 Å². The van der Waals surface area contributed by atoms with Gasteiger partial charge in [0.05, 0.1) is 7.11 Å². The molecule has 0 aromatic heterocycles. The molecule has 0 unspecified atom stereocenters. The summed E-state index contributed by atoms with van der Waals surface area (Å²) in [6, 6.07) is 10.2. The summed E-state index contributed by atoms with van der Waals surface area (Å²) in [5.41, 5.74) is 0.913. The van der Waals surface area contributed by atoms with Crippen LogP contribution in [0, 0.1) is 11.6 Å². The molecule has 0 saturated carbocycles. The van der Waals surface area contributed by atoms with Gasteiger partial charge in [-0.3, -0.25) is 4.79 Å². The second-order valence-corrected chi connectivity index (χ2v) is 4.08. The molecule has 0 aliphatic rings. The molecule has 0 spiro atoms. The third kappa shape index (κ3) is 3.16. The van der Waals surface area contributed by atoms with Gasteiger partial charge in [0.1, 0.15) is 5.75 Å². The van der Waals surface area contributed by atoms with E-state index in [2.05, 4.69) is 0 Å². The summed E-state index contributed by atoms with van der Waals surface area (Å²) in [4.78, 5) is 12.0. The van der Waals surface area contributed by atoms with E-state index in [4.69, 9.17) is 4.74 Å². The molecule has 0 bridgehead atoms. The van der Waals surface area contributed by atoms with Crippen molar-refractivity contribution in [2.75, 3.05) is 7.11 Å². The minimum atomic E-state index is -0.948. The number of carbonyl (C=O) groups excluding carboxylic acids is 1. The van der Waals surface area contributed by atoms with Crippen LogP contribution in [0.5, 0.6) is 5.75 Å². The largest absolute Gasteiger partial charge is 0.497 e. The first-order valence-electron chi connectivity index (χ1n) is 5.71. The molecule has 19 heavy (non-hydrogen) atoms. The Morgan fingerprint density at radius 2 is 1.89 bits per heavy atom. The molecule has 0 fully saturated rings. The number of benzene rings is 2. The number of methoxy groups -OCH3 is 1. The number of hydrogen-bond donors (Lipinski definition) is 0. The van der Waals surface area contributed by atoms with E-state index >= 15 is 0 Å². The fraction of sp³-hybridized carbons (Fsp3) is 0.133. The molecule has 0 amide bonds. The smallest absolute Gasteiger partial charge is 0.167 e. The molecule has 2 rings (SSSR count). The summed E-state index contributed by atoms with van der Waals surface area (Å²) >= 11 is 0. The Hall–Kier alpha value is -2.23. The van der Waals surface area contributed by atoms with Crippen molar-refractivity contribution in [2.24, 2.45) is 0 Å². The summed E-state index contributed by atoms with van der Waals surface area (Å²) in [5, 5.41) is 0. The molecule has 0 atom stereocenters. The van der Waals surface area contributed by atoms with Gasteiger partial charge in [0.25, 0.3) is 0 Å². The Morgan fingerprint density at radius 3 is 2.58 bits per heavy atom. The van der Waals surface area contributed by atoms with Crippen molar-refractivity contribution in [1.29, 1.82) is 0 Å². The highest BCUT2D eigenvalue weighted by atomic mass is 19.2. The van der Waals surface area contributed by atoms with E-state index in [1.807, 2.05) is 0 Å². The lowest BCUT2D eigenvalue weighted by atomic mass is 10.0. The summed E-state index contributed by atoms with van der Waals surface area (Å²) in [7, 11) is 1.51. The standard InChI is InChI=1S/C15H12F2O2/c1-19-12-4-2-3-11(9-12)15(18)8-10-5-6-13(16)14(17)7-10/h2-7,9H,8H2,1H3. The van der Waals surface area contributed by atoms with Crippen molar-refractivity contribution in [3.63, 3.8) is 0 Å². The SMILES string of the molecule is COc1cccc(C(=O)Cc2ccc(F)c(F)c2)c1. The zero-order valence-corrected chi connectivity index (χ0v) is 10.3. The number of Topliss-reactive ketones (excluding diaryl/α,β-unsaturated/α-hetero) is 1. The lowest BCUT2D eigenvalue weighted by Crippen LogP contribution is -2.04. The number of carbonyl (C=O) groups is 1. The summed E-state index contributed by atoms with van der Waals surface area (Å²) < 4.78 is 30.9. The van der Waals surface area contributed by atoms with Crippen LogP contribution >= 0.6 is 0 Å².